The van der Waals surface area contributed by atoms with Gasteiger partial charge in [-0.15, -0.1) is 0 Å². The van der Waals surface area contributed by atoms with E-state index in [0.717, 1.165) is 6.07 Å². The van der Waals surface area contributed by atoms with Crippen molar-refractivity contribution in [1.82, 2.24) is 15.5 Å². The van der Waals surface area contributed by atoms with E-state index in [1.807, 2.05) is 4.90 Å². The van der Waals surface area contributed by atoms with Gasteiger partial charge in [-0.25, -0.2) is 13.6 Å². The molecule has 2 fully saturated rings. The minimum absolute atomic E-state index is 0.119. The standard InChI is InChI=1S/C29H33ClF5N5O4/c30-19-5-7-22(23(15-19)40-12-10-39(11-13-40)9-8-29(33,34)35)38-27(42)21-6-4-18(24(31)25(21)32)16-36-26(41)17-2-1-3-20(14-17)37-28(43)44/h4-7,15,17,20,37H,1-3,8-14,16H2,(H,36,41)(H,38,42)(H,43,44)/t17-,20-/m1/s1. The molecule has 4 N–H and O–H groups in total. The van der Waals surface area contributed by atoms with Crippen molar-refractivity contribution in [3.8, 4) is 0 Å². The Balaban J connectivity index is 1.38. The fourth-order valence-corrected chi connectivity index (χ4v) is 5.69. The van der Waals surface area contributed by atoms with E-state index in [9.17, 15) is 31.9 Å². The maximum atomic E-state index is 15.1. The maximum Gasteiger partial charge on any atom is 0.404 e. The second-order valence-corrected chi connectivity index (χ2v) is 11.4. The quantitative estimate of drug-likeness (QED) is 0.272. The fourth-order valence-electron chi connectivity index (χ4n) is 5.52. The zero-order valence-electron chi connectivity index (χ0n) is 23.7. The van der Waals surface area contributed by atoms with Gasteiger partial charge in [-0.3, -0.25) is 14.5 Å². The predicted molar refractivity (Wildman–Crippen MR) is 154 cm³/mol. The molecule has 2 aromatic carbocycles. The van der Waals surface area contributed by atoms with Crippen molar-refractivity contribution in [1.29, 1.82) is 0 Å². The summed E-state index contributed by atoms with van der Waals surface area (Å²) in [4.78, 5) is 40.1. The van der Waals surface area contributed by atoms with E-state index in [2.05, 4.69) is 16.0 Å². The lowest BCUT2D eigenvalue weighted by Gasteiger charge is -2.37. The van der Waals surface area contributed by atoms with E-state index in [1.165, 1.54) is 18.2 Å². The predicted octanol–water partition coefficient (Wildman–Crippen LogP) is 5.39. The number of piperazine rings is 1. The first-order chi connectivity index (χ1) is 20.8. The number of nitrogens with one attached hydrogen (secondary N) is 3. The number of hydrogen-bond donors (Lipinski definition) is 4. The average Bonchev–Trinajstić information content (AvgIpc) is 2.97. The molecule has 1 saturated carbocycles. The summed E-state index contributed by atoms with van der Waals surface area (Å²) in [6.07, 6.45) is -4.24. The zero-order valence-corrected chi connectivity index (χ0v) is 24.4. The van der Waals surface area contributed by atoms with E-state index in [4.69, 9.17) is 16.7 Å². The molecular formula is C29H33ClF5N5O4. The van der Waals surface area contributed by atoms with Crippen molar-refractivity contribution >= 4 is 40.9 Å². The second-order valence-electron chi connectivity index (χ2n) is 10.9. The Hall–Kier alpha value is -3.65. The third-order valence-corrected chi connectivity index (χ3v) is 8.10. The van der Waals surface area contributed by atoms with Crippen molar-refractivity contribution in [3.05, 3.63) is 58.1 Å². The van der Waals surface area contributed by atoms with Crippen molar-refractivity contribution in [2.24, 2.45) is 5.92 Å². The molecule has 0 aromatic heterocycles. The number of halogens is 6. The molecule has 1 heterocycles. The molecule has 4 rings (SSSR count). The van der Waals surface area contributed by atoms with Crippen LogP contribution in [0.3, 0.4) is 0 Å². The molecule has 1 aliphatic heterocycles. The minimum Gasteiger partial charge on any atom is -0.465 e. The molecule has 240 valence electrons. The van der Waals surface area contributed by atoms with Crippen LogP contribution in [0, 0.1) is 17.6 Å². The van der Waals surface area contributed by atoms with Crippen LogP contribution in [-0.2, 0) is 11.3 Å². The number of hydrogen-bond acceptors (Lipinski definition) is 5. The van der Waals surface area contributed by atoms with Crippen LogP contribution >= 0.6 is 11.6 Å². The zero-order chi connectivity index (χ0) is 32.0. The molecule has 3 amide bonds. The highest BCUT2D eigenvalue weighted by atomic mass is 35.5. The van der Waals surface area contributed by atoms with Gasteiger partial charge in [0.25, 0.3) is 5.91 Å². The number of nitrogens with zero attached hydrogens (tertiary/aromatic N) is 2. The van der Waals surface area contributed by atoms with Gasteiger partial charge in [0.05, 0.1) is 23.4 Å². The minimum atomic E-state index is -4.25. The lowest BCUT2D eigenvalue weighted by atomic mass is 9.85. The summed E-state index contributed by atoms with van der Waals surface area (Å²) < 4.78 is 67.8. The van der Waals surface area contributed by atoms with Gasteiger partial charge in [0.1, 0.15) is 0 Å². The summed E-state index contributed by atoms with van der Waals surface area (Å²) in [6.45, 7) is 0.993. The summed E-state index contributed by atoms with van der Waals surface area (Å²) in [5.74, 6) is -4.50. The van der Waals surface area contributed by atoms with Crippen LogP contribution in [-0.4, -0.2) is 72.9 Å². The number of amides is 3. The number of carboxylic acid groups (broad SMARTS) is 1. The molecule has 0 radical (unpaired) electrons. The highest BCUT2D eigenvalue weighted by Gasteiger charge is 2.30. The Morgan fingerprint density at radius 2 is 1.73 bits per heavy atom. The van der Waals surface area contributed by atoms with Gasteiger partial charge in [-0.05, 0) is 43.5 Å². The van der Waals surface area contributed by atoms with Gasteiger partial charge >= 0.3 is 12.3 Å². The van der Waals surface area contributed by atoms with Crippen molar-refractivity contribution in [2.45, 2.75) is 50.9 Å². The van der Waals surface area contributed by atoms with E-state index < -0.39 is 53.6 Å². The van der Waals surface area contributed by atoms with Crippen molar-refractivity contribution in [3.63, 3.8) is 0 Å². The topological polar surface area (TPSA) is 114 Å². The molecule has 0 unspecified atom stereocenters. The Kier molecular flexibility index (Phi) is 10.9. The smallest absolute Gasteiger partial charge is 0.404 e. The van der Waals surface area contributed by atoms with Crippen LogP contribution in [0.2, 0.25) is 5.02 Å². The molecule has 15 heteroatoms. The lowest BCUT2D eigenvalue weighted by Crippen LogP contribution is -2.47. The van der Waals surface area contributed by atoms with Gasteiger partial charge in [0.2, 0.25) is 5.91 Å². The number of anilines is 2. The third kappa shape index (κ3) is 8.94. The van der Waals surface area contributed by atoms with Gasteiger partial charge in [-0.1, -0.05) is 24.1 Å². The number of carbonyl (C=O) groups excluding carboxylic acids is 2. The third-order valence-electron chi connectivity index (χ3n) is 7.87. The van der Waals surface area contributed by atoms with Crippen LogP contribution < -0.4 is 20.9 Å². The van der Waals surface area contributed by atoms with Crippen LogP contribution in [0.4, 0.5) is 38.1 Å². The largest absolute Gasteiger partial charge is 0.465 e. The fraction of sp³-hybridized carbons (Fsp3) is 0.483. The first kappa shape index (κ1) is 33.2. The number of carbonyl (C=O) groups is 3. The Morgan fingerprint density at radius 1 is 1.00 bits per heavy atom. The number of rotatable bonds is 9. The summed E-state index contributed by atoms with van der Waals surface area (Å²) in [5, 5.41) is 16.8. The van der Waals surface area contributed by atoms with Gasteiger partial charge in [0, 0.05) is 61.8 Å². The Morgan fingerprint density at radius 3 is 2.41 bits per heavy atom. The van der Waals surface area contributed by atoms with E-state index in [-0.39, 0.29) is 30.4 Å². The van der Waals surface area contributed by atoms with Crippen molar-refractivity contribution < 1.29 is 41.4 Å². The van der Waals surface area contributed by atoms with Crippen LogP contribution in [0.25, 0.3) is 0 Å². The molecule has 0 spiro atoms. The van der Waals surface area contributed by atoms with E-state index in [1.54, 1.807) is 11.0 Å². The Bertz CT molecular complexity index is 1370. The molecular weight excluding hydrogens is 613 g/mol. The normalized spacial score (nSPS) is 19.4. The molecule has 1 aliphatic carbocycles. The first-order valence-electron chi connectivity index (χ1n) is 14.2. The molecule has 2 aromatic rings. The lowest BCUT2D eigenvalue weighted by molar-refractivity contribution is -0.138. The van der Waals surface area contributed by atoms with Crippen LogP contribution in [0.1, 0.15) is 48.0 Å². The van der Waals surface area contributed by atoms with Crippen molar-refractivity contribution in [2.75, 3.05) is 42.9 Å². The average molecular weight is 646 g/mol. The molecule has 1 saturated heterocycles. The molecule has 0 bridgehead atoms. The summed E-state index contributed by atoms with van der Waals surface area (Å²) >= 11 is 6.17. The van der Waals surface area contributed by atoms with Crippen LogP contribution in [0.5, 0.6) is 0 Å². The summed E-state index contributed by atoms with van der Waals surface area (Å²) in [5.41, 5.74) is 0.0248. The van der Waals surface area contributed by atoms with E-state index >= 15 is 4.39 Å². The van der Waals surface area contributed by atoms with Gasteiger partial charge < -0.3 is 26.0 Å². The SMILES string of the molecule is O=C(O)N[C@@H]1CCC[C@@H](C(=O)NCc2ccc(C(=O)Nc3ccc(Cl)cc3N3CCN(CCC(F)(F)F)CC3)c(F)c2F)C1. The number of alkyl halides is 3. The highest BCUT2D eigenvalue weighted by Crippen LogP contribution is 2.32. The monoisotopic (exact) mass is 645 g/mol. The highest BCUT2D eigenvalue weighted by molar-refractivity contribution is 6.31. The van der Waals surface area contributed by atoms with E-state index in [0.29, 0.717) is 62.6 Å². The van der Waals surface area contributed by atoms with Crippen LogP contribution in [0.15, 0.2) is 30.3 Å². The molecule has 44 heavy (non-hydrogen) atoms. The van der Waals surface area contributed by atoms with Gasteiger partial charge in [0.15, 0.2) is 11.6 Å². The second kappa shape index (κ2) is 14.4. The maximum absolute atomic E-state index is 15.1. The summed E-state index contributed by atoms with van der Waals surface area (Å²) in [7, 11) is 0. The Labute approximate surface area is 255 Å². The molecule has 2 atom stereocenters. The number of benzene rings is 2. The first-order valence-corrected chi connectivity index (χ1v) is 14.6. The molecule has 9 nitrogen and oxygen atoms in total. The molecule has 2 aliphatic rings. The summed E-state index contributed by atoms with van der Waals surface area (Å²) in [6, 6.07) is 6.54. The van der Waals surface area contributed by atoms with Gasteiger partial charge in [-0.2, -0.15) is 13.2 Å².